The van der Waals surface area contributed by atoms with Crippen LogP contribution in [0.2, 0.25) is 0 Å². The molecule has 0 unspecified atom stereocenters. The van der Waals surface area contributed by atoms with Gasteiger partial charge in [-0.1, -0.05) is 31.5 Å². The first-order valence-corrected chi connectivity index (χ1v) is 11.5. The molecule has 2 heterocycles. The lowest BCUT2D eigenvalue weighted by atomic mass is 9.86. The van der Waals surface area contributed by atoms with Crippen LogP contribution in [0.3, 0.4) is 0 Å². The Labute approximate surface area is 169 Å². The highest BCUT2D eigenvalue weighted by Crippen LogP contribution is 2.30. The number of hydrogen-bond donors (Lipinski definition) is 1. The summed E-state index contributed by atoms with van der Waals surface area (Å²) in [5, 5.41) is 4.28. The van der Waals surface area contributed by atoms with Crippen molar-refractivity contribution in [3.05, 3.63) is 20.8 Å². The summed E-state index contributed by atoms with van der Waals surface area (Å²) in [6.07, 6.45) is 4.67. The summed E-state index contributed by atoms with van der Waals surface area (Å²) < 4.78 is 1.69. The minimum absolute atomic E-state index is 0.000334. The second kappa shape index (κ2) is 8.35. The van der Waals surface area contributed by atoms with Gasteiger partial charge in [0.25, 0.3) is 5.56 Å². The van der Waals surface area contributed by atoms with Gasteiger partial charge in [-0.15, -0.1) is 11.3 Å². The van der Waals surface area contributed by atoms with Crippen LogP contribution in [0.1, 0.15) is 56.9 Å². The summed E-state index contributed by atoms with van der Waals surface area (Å²) >= 11 is 2.94. The molecule has 27 heavy (non-hydrogen) atoms. The van der Waals surface area contributed by atoms with Crippen LogP contribution in [0.4, 0.5) is 0 Å². The van der Waals surface area contributed by atoms with Gasteiger partial charge in [0, 0.05) is 17.5 Å². The Bertz CT molecular complexity index is 903. The molecule has 1 N–H and O–H groups in total. The van der Waals surface area contributed by atoms with E-state index in [0.29, 0.717) is 17.6 Å². The summed E-state index contributed by atoms with van der Waals surface area (Å²) in [4.78, 5) is 32.3. The summed E-state index contributed by atoms with van der Waals surface area (Å²) in [5.41, 5.74) is 1.02. The first kappa shape index (κ1) is 20.4. The second-order valence-corrected chi connectivity index (χ2v) is 10.1. The van der Waals surface area contributed by atoms with Crippen molar-refractivity contribution in [1.82, 2.24) is 14.9 Å². The Hall–Kier alpha value is -1.34. The molecule has 1 amide bonds. The highest BCUT2D eigenvalue weighted by molar-refractivity contribution is 8.00. The fourth-order valence-corrected chi connectivity index (χ4v) is 5.77. The number of carbonyl (C=O) groups excluding carboxylic acids is 1. The van der Waals surface area contributed by atoms with Gasteiger partial charge in [0.2, 0.25) is 5.91 Å². The zero-order chi connectivity index (χ0) is 19.7. The third-order valence-corrected chi connectivity index (χ3v) is 7.85. The molecule has 2 aromatic rings. The molecule has 0 bridgehead atoms. The average Bonchev–Trinajstić information content (AvgIpc) is 2.91. The molecule has 2 aromatic heterocycles. The maximum Gasteiger partial charge on any atom is 0.263 e. The van der Waals surface area contributed by atoms with E-state index in [1.54, 1.807) is 15.9 Å². The molecule has 3 rings (SSSR count). The SMILES string of the molecule is CCn1c(S[C@H](C)C(=O)N[C@H]2CCCC[C@@H]2C)nc2sc(C)c(C)c2c1=O. The van der Waals surface area contributed by atoms with Crippen molar-refractivity contribution in [2.45, 2.75) is 83.3 Å². The number of rotatable bonds is 5. The number of nitrogens with zero attached hydrogens (tertiary/aromatic N) is 2. The lowest BCUT2D eigenvalue weighted by Gasteiger charge is -2.30. The van der Waals surface area contributed by atoms with E-state index in [2.05, 4.69) is 12.2 Å². The molecule has 1 saturated carbocycles. The maximum atomic E-state index is 12.9. The molecule has 7 heteroatoms. The maximum absolute atomic E-state index is 12.9. The van der Waals surface area contributed by atoms with Gasteiger partial charge in [-0.05, 0) is 52.0 Å². The van der Waals surface area contributed by atoms with Crippen LogP contribution in [0.15, 0.2) is 9.95 Å². The van der Waals surface area contributed by atoms with Crippen LogP contribution in [0.25, 0.3) is 10.2 Å². The zero-order valence-corrected chi connectivity index (χ0v) is 18.4. The summed E-state index contributed by atoms with van der Waals surface area (Å²) in [5.74, 6) is 0.564. The lowest BCUT2D eigenvalue weighted by molar-refractivity contribution is -0.121. The first-order chi connectivity index (χ1) is 12.8. The number of carbonyl (C=O) groups is 1. The third kappa shape index (κ3) is 4.09. The third-order valence-electron chi connectivity index (χ3n) is 5.66. The minimum atomic E-state index is -0.288. The predicted octanol–water partition coefficient (Wildman–Crippen LogP) is 4.27. The lowest BCUT2D eigenvalue weighted by Crippen LogP contribution is -2.44. The highest BCUT2D eigenvalue weighted by atomic mass is 32.2. The van der Waals surface area contributed by atoms with Gasteiger partial charge in [-0.25, -0.2) is 4.98 Å². The van der Waals surface area contributed by atoms with E-state index < -0.39 is 0 Å². The van der Waals surface area contributed by atoms with Crippen molar-refractivity contribution < 1.29 is 4.79 Å². The number of nitrogens with one attached hydrogen (secondary N) is 1. The van der Waals surface area contributed by atoms with Crippen molar-refractivity contribution in [2.75, 3.05) is 0 Å². The van der Waals surface area contributed by atoms with E-state index in [-0.39, 0.29) is 22.8 Å². The van der Waals surface area contributed by atoms with Crippen LogP contribution >= 0.6 is 23.1 Å². The van der Waals surface area contributed by atoms with Crippen molar-refractivity contribution >= 4 is 39.2 Å². The van der Waals surface area contributed by atoms with Gasteiger partial charge in [0.15, 0.2) is 5.16 Å². The van der Waals surface area contributed by atoms with Crippen LogP contribution < -0.4 is 10.9 Å². The average molecular weight is 408 g/mol. The van der Waals surface area contributed by atoms with Crippen molar-refractivity contribution in [3.8, 4) is 0 Å². The van der Waals surface area contributed by atoms with Gasteiger partial charge < -0.3 is 5.32 Å². The number of aryl methyl sites for hydroxylation is 2. The molecule has 1 aliphatic rings. The van der Waals surface area contributed by atoms with E-state index in [1.165, 1.54) is 31.0 Å². The Morgan fingerprint density at radius 3 is 2.74 bits per heavy atom. The molecule has 0 spiro atoms. The number of aromatic nitrogens is 2. The number of amides is 1. The van der Waals surface area contributed by atoms with E-state index in [9.17, 15) is 9.59 Å². The Kier molecular flexibility index (Phi) is 6.31. The molecule has 3 atom stereocenters. The Balaban J connectivity index is 1.82. The quantitative estimate of drug-likeness (QED) is 0.594. The molecular formula is C20H29N3O2S2. The second-order valence-electron chi connectivity index (χ2n) is 7.54. The molecule has 1 aliphatic carbocycles. The Morgan fingerprint density at radius 2 is 2.07 bits per heavy atom. The fraction of sp³-hybridized carbons (Fsp3) is 0.650. The normalized spacial score (nSPS) is 21.4. The molecule has 5 nitrogen and oxygen atoms in total. The van der Waals surface area contributed by atoms with Crippen LogP contribution in [0.5, 0.6) is 0 Å². The van der Waals surface area contributed by atoms with Gasteiger partial charge in [0.1, 0.15) is 4.83 Å². The molecule has 0 saturated heterocycles. The number of fused-ring (bicyclic) bond motifs is 1. The highest BCUT2D eigenvalue weighted by Gasteiger charge is 2.26. The van der Waals surface area contributed by atoms with Gasteiger partial charge in [-0.2, -0.15) is 0 Å². The van der Waals surface area contributed by atoms with Crippen molar-refractivity contribution in [2.24, 2.45) is 5.92 Å². The molecule has 0 aromatic carbocycles. The molecule has 0 aliphatic heterocycles. The van der Waals surface area contributed by atoms with Gasteiger partial charge in [0.05, 0.1) is 10.6 Å². The largest absolute Gasteiger partial charge is 0.352 e. The van der Waals surface area contributed by atoms with Crippen LogP contribution in [-0.4, -0.2) is 26.8 Å². The fourth-order valence-electron chi connectivity index (χ4n) is 3.72. The molecule has 1 fully saturated rings. The number of hydrogen-bond acceptors (Lipinski definition) is 5. The van der Waals surface area contributed by atoms with Crippen LogP contribution in [0, 0.1) is 19.8 Å². The monoisotopic (exact) mass is 407 g/mol. The van der Waals surface area contributed by atoms with E-state index >= 15 is 0 Å². The smallest absolute Gasteiger partial charge is 0.263 e. The van der Waals surface area contributed by atoms with E-state index in [4.69, 9.17) is 4.98 Å². The Morgan fingerprint density at radius 1 is 1.37 bits per heavy atom. The zero-order valence-electron chi connectivity index (χ0n) is 16.8. The molecule has 0 radical (unpaired) electrons. The topological polar surface area (TPSA) is 64.0 Å². The molecule has 148 valence electrons. The van der Waals surface area contributed by atoms with E-state index in [1.807, 2.05) is 27.7 Å². The van der Waals surface area contributed by atoms with Crippen molar-refractivity contribution in [1.29, 1.82) is 0 Å². The minimum Gasteiger partial charge on any atom is -0.352 e. The standard InChI is InChI=1S/C20H29N3O2S2/c1-6-23-19(25)16-12(3)13(4)26-18(16)22-20(23)27-14(5)17(24)21-15-10-8-7-9-11(15)2/h11,14-15H,6-10H2,1-5H3,(H,21,24)/t11-,14+,15-/m0/s1. The first-order valence-electron chi connectivity index (χ1n) is 9.81. The predicted molar refractivity (Wildman–Crippen MR) is 114 cm³/mol. The summed E-state index contributed by atoms with van der Waals surface area (Å²) in [6.45, 7) is 10.6. The number of thiophene rings is 1. The van der Waals surface area contributed by atoms with E-state index in [0.717, 1.165) is 27.1 Å². The van der Waals surface area contributed by atoms with Gasteiger partial charge >= 0.3 is 0 Å². The van der Waals surface area contributed by atoms with Crippen LogP contribution in [-0.2, 0) is 11.3 Å². The molecular weight excluding hydrogens is 378 g/mol. The van der Waals surface area contributed by atoms with Gasteiger partial charge in [-0.3, -0.25) is 14.2 Å². The summed E-state index contributed by atoms with van der Waals surface area (Å²) in [7, 11) is 0. The number of thioether (sulfide) groups is 1. The van der Waals surface area contributed by atoms with Crippen molar-refractivity contribution in [3.63, 3.8) is 0 Å². The summed E-state index contributed by atoms with van der Waals surface area (Å²) in [6, 6.07) is 0.265.